The van der Waals surface area contributed by atoms with Crippen LogP contribution in [-0.4, -0.2) is 22.9 Å². The molecule has 4 aromatic rings. The summed E-state index contributed by atoms with van der Waals surface area (Å²) >= 11 is 18.3. The molecule has 146 valence electrons. The van der Waals surface area contributed by atoms with Crippen LogP contribution in [0.1, 0.15) is 29.8 Å². The van der Waals surface area contributed by atoms with Gasteiger partial charge in [0.05, 0.1) is 22.4 Å². The van der Waals surface area contributed by atoms with Crippen molar-refractivity contribution >= 4 is 51.6 Å². The van der Waals surface area contributed by atoms with Gasteiger partial charge in [0.1, 0.15) is 6.10 Å². The zero-order valence-corrected chi connectivity index (χ0v) is 18.0. The molecular weight excluding hydrogens is 417 g/mol. The van der Waals surface area contributed by atoms with Gasteiger partial charge in [0.2, 0.25) is 9.57 Å². The lowest BCUT2D eigenvalue weighted by Gasteiger charge is -2.20. The van der Waals surface area contributed by atoms with Crippen LogP contribution < -0.4 is 0 Å². The Kier molecular flexibility index (Phi) is 4.87. The zero-order chi connectivity index (χ0) is 20.2. The largest absolute Gasteiger partial charge is 0.382 e. The van der Waals surface area contributed by atoms with Crippen molar-refractivity contribution in [2.24, 2.45) is 0 Å². The zero-order valence-electron chi connectivity index (χ0n) is 15.7. The van der Waals surface area contributed by atoms with Crippen LogP contribution in [0.4, 0.5) is 0 Å². The molecule has 7 heteroatoms. The summed E-state index contributed by atoms with van der Waals surface area (Å²) in [5, 5.41) is 11.0. The van der Waals surface area contributed by atoms with E-state index in [1.165, 1.54) is 5.56 Å². The SMILES string of the molecule is CCn1c2cc(C)c(C)cc2n2c([C@H](O)C(Cl)(Cl)Cl)c(-c3ccccc3)nc12. The Morgan fingerprint density at radius 1 is 1.04 bits per heavy atom. The van der Waals surface area contributed by atoms with Crippen LogP contribution >= 0.6 is 34.8 Å². The molecule has 1 N–H and O–H groups in total. The molecule has 0 fully saturated rings. The minimum absolute atomic E-state index is 0.474. The molecule has 0 spiro atoms. The number of aryl methyl sites for hydroxylation is 3. The molecule has 0 aliphatic heterocycles. The summed E-state index contributed by atoms with van der Waals surface area (Å²) in [6.07, 6.45) is -1.35. The molecule has 4 nitrogen and oxygen atoms in total. The van der Waals surface area contributed by atoms with Crippen LogP contribution in [-0.2, 0) is 6.54 Å². The topological polar surface area (TPSA) is 42.5 Å². The summed E-state index contributed by atoms with van der Waals surface area (Å²) in [6.45, 7) is 6.93. The number of aromatic nitrogens is 3. The average molecular weight is 437 g/mol. The molecule has 28 heavy (non-hydrogen) atoms. The number of aliphatic hydroxyl groups is 1. The van der Waals surface area contributed by atoms with Gasteiger partial charge in [0.25, 0.3) is 0 Å². The molecule has 0 aliphatic carbocycles. The number of aliphatic hydroxyl groups excluding tert-OH is 1. The quantitative estimate of drug-likeness (QED) is 0.400. The summed E-state index contributed by atoms with van der Waals surface area (Å²) < 4.78 is 2.14. The fourth-order valence-electron chi connectivity index (χ4n) is 3.66. The van der Waals surface area contributed by atoms with Gasteiger partial charge < -0.3 is 9.67 Å². The molecule has 2 heterocycles. The first-order valence-corrected chi connectivity index (χ1v) is 10.2. The maximum absolute atomic E-state index is 11.0. The third-order valence-electron chi connectivity index (χ3n) is 5.19. The van der Waals surface area contributed by atoms with E-state index in [0.717, 1.165) is 28.7 Å². The van der Waals surface area contributed by atoms with Crippen molar-refractivity contribution in [3.63, 3.8) is 0 Å². The van der Waals surface area contributed by atoms with Gasteiger partial charge >= 0.3 is 0 Å². The van der Waals surface area contributed by atoms with Gasteiger partial charge in [-0.25, -0.2) is 4.98 Å². The number of hydrogen-bond acceptors (Lipinski definition) is 2. The maximum atomic E-state index is 11.0. The average Bonchev–Trinajstić information content (AvgIpc) is 3.16. The first-order chi connectivity index (χ1) is 13.2. The van der Waals surface area contributed by atoms with E-state index in [0.29, 0.717) is 17.2 Å². The second kappa shape index (κ2) is 6.96. The Labute approximate surface area is 178 Å². The van der Waals surface area contributed by atoms with E-state index in [-0.39, 0.29) is 0 Å². The number of halogens is 3. The molecular formula is C21H20Cl3N3O. The lowest BCUT2D eigenvalue weighted by Crippen LogP contribution is -2.19. The Morgan fingerprint density at radius 3 is 2.21 bits per heavy atom. The van der Waals surface area contributed by atoms with Gasteiger partial charge in [-0.15, -0.1) is 0 Å². The Bertz CT molecular complexity index is 1170. The molecule has 0 saturated heterocycles. The number of benzene rings is 2. The maximum Gasteiger partial charge on any atom is 0.221 e. The highest BCUT2D eigenvalue weighted by Crippen LogP contribution is 2.44. The van der Waals surface area contributed by atoms with Gasteiger partial charge in [-0.3, -0.25) is 4.40 Å². The second-order valence-electron chi connectivity index (χ2n) is 6.96. The van der Waals surface area contributed by atoms with Crippen molar-refractivity contribution in [1.82, 2.24) is 14.0 Å². The van der Waals surface area contributed by atoms with E-state index in [9.17, 15) is 5.11 Å². The molecule has 4 rings (SSSR count). The normalized spacial score (nSPS) is 13.5. The van der Waals surface area contributed by atoms with Crippen LogP contribution in [0.15, 0.2) is 42.5 Å². The number of hydrogen-bond donors (Lipinski definition) is 1. The van der Waals surface area contributed by atoms with Crippen molar-refractivity contribution in [2.45, 2.75) is 37.2 Å². The highest BCUT2D eigenvalue weighted by Gasteiger charge is 2.38. The van der Waals surface area contributed by atoms with Crippen LogP contribution in [0.25, 0.3) is 28.1 Å². The van der Waals surface area contributed by atoms with E-state index < -0.39 is 9.90 Å². The minimum atomic E-state index is -1.89. The van der Waals surface area contributed by atoms with Gasteiger partial charge in [-0.05, 0) is 44.0 Å². The number of nitrogens with zero attached hydrogens (tertiary/aromatic N) is 3. The first kappa shape index (κ1) is 19.6. The van der Waals surface area contributed by atoms with Crippen molar-refractivity contribution in [2.75, 3.05) is 0 Å². The van der Waals surface area contributed by atoms with E-state index in [1.54, 1.807) is 0 Å². The molecule has 2 aromatic heterocycles. The van der Waals surface area contributed by atoms with E-state index in [1.807, 2.05) is 34.7 Å². The van der Waals surface area contributed by atoms with E-state index in [2.05, 4.69) is 37.5 Å². The van der Waals surface area contributed by atoms with E-state index >= 15 is 0 Å². The highest BCUT2D eigenvalue weighted by molar-refractivity contribution is 6.68. The highest BCUT2D eigenvalue weighted by atomic mass is 35.6. The Hall–Kier alpha value is -1.72. The number of fused-ring (bicyclic) bond motifs is 3. The van der Waals surface area contributed by atoms with Crippen molar-refractivity contribution in [3.8, 4) is 11.3 Å². The predicted octanol–water partition coefficient (Wildman–Crippen LogP) is 6.00. The summed E-state index contributed by atoms with van der Waals surface area (Å²) in [4.78, 5) is 4.87. The van der Waals surface area contributed by atoms with Crippen molar-refractivity contribution in [3.05, 3.63) is 59.3 Å². The van der Waals surface area contributed by atoms with E-state index in [4.69, 9.17) is 39.8 Å². The molecule has 0 amide bonds. The predicted molar refractivity (Wildman–Crippen MR) is 117 cm³/mol. The molecule has 0 unspecified atom stereocenters. The van der Waals surface area contributed by atoms with Crippen LogP contribution in [0.3, 0.4) is 0 Å². The molecule has 0 radical (unpaired) electrons. The number of alkyl halides is 3. The van der Waals surface area contributed by atoms with Crippen molar-refractivity contribution < 1.29 is 5.11 Å². The lowest BCUT2D eigenvalue weighted by atomic mass is 10.1. The third-order valence-corrected chi connectivity index (χ3v) is 5.81. The van der Waals surface area contributed by atoms with Crippen LogP contribution in [0.2, 0.25) is 0 Å². The number of imidazole rings is 2. The molecule has 1 atom stereocenters. The Morgan fingerprint density at radius 2 is 1.64 bits per heavy atom. The smallest absolute Gasteiger partial charge is 0.221 e. The summed E-state index contributed by atoms with van der Waals surface area (Å²) in [7, 11) is 0. The number of rotatable bonds is 3. The molecule has 0 aliphatic rings. The molecule has 0 bridgehead atoms. The standard InChI is InChI=1S/C21H20Cl3N3O/c1-4-26-15-10-12(2)13(3)11-16(15)27-18(19(28)21(22,23)24)17(25-20(26)27)14-8-6-5-7-9-14/h5-11,19,28H,4H2,1-3H3/t19-/m0/s1. The van der Waals surface area contributed by atoms with Gasteiger partial charge in [0, 0.05) is 12.1 Å². The minimum Gasteiger partial charge on any atom is -0.382 e. The Balaban J connectivity index is 2.18. The van der Waals surface area contributed by atoms with Gasteiger partial charge in [-0.1, -0.05) is 65.1 Å². The van der Waals surface area contributed by atoms with Crippen molar-refractivity contribution in [1.29, 1.82) is 0 Å². The van der Waals surface area contributed by atoms with Crippen LogP contribution in [0, 0.1) is 13.8 Å². The summed E-state index contributed by atoms with van der Waals surface area (Å²) in [5.41, 5.74) is 6.23. The van der Waals surface area contributed by atoms with Gasteiger partial charge in [-0.2, -0.15) is 0 Å². The molecule has 2 aromatic carbocycles. The fourth-order valence-corrected chi connectivity index (χ4v) is 3.97. The summed E-state index contributed by atoms with van der Waals surface area (Å²) in [6, 6.07) is 13.9. The fraction of sp³-hybridized carbons (Fsp3) is 0.286. The lowest BCUT2D eigenvalue weighted by molar-refractivity contribution is 0.177. The van der Waals surface area contributed by atoms with Gasteiger partial charge in [0.15, 0.2) is 0 Å². The molecule has 0 saturated carbocycles. The monoisotopic (exact) mass is 435 g/mol. The third kappa shape index (κ3) is 3.00. The second-order valence-corrected chi connectivity index (χ2v) is 9.33. The summed E-state index contributed by atoms with van der Waals surface area (Å²) in [5.74, 6) is 0.713. The first-order valence-electron chi connectivity index (χ1n) is 9.06. The van der Waals surface area contributed by atoms with Crippen LogP contribution in [0.5, 0.6) is 0 Å².